The van der Waals surface area contributed by atoms with Crippen LogP contribution in [0.2, 0.25) is 0 Å². The topological polar surface area (TPSA) is 33.7 Å². The predicted molar refractivity (Wildman–Crippen MR) is 81.5 cm³/mol. The molecule has 0 amide bonds. The number of piperidine rings is 1. The monoisotopic (exact) mass is 278 g/mol. The summed E-state index contributed by atoms with van der Waals surface area (Å²) >= 11 is 0. The lowest BCUT2D eigenvalue weighted by atomic mass is 9.90. The van der Waals surface area contributed by atoms with Crippen molar-refractivity contribution in [3.63, 3.8) is 0 Å². The summed E-state index contributed by atoms with van der Waals surface area (Å²) < 4.78 is 10.6. The highest BCUT2D eigenvalue weighted by atomic mass is 16.5. The van der Waals surface area contributed by atoms with E-state index in [1.165, 1.54) is 18.4 Å². The maximum absolute atomic E-state index is 5.36. The Morgan fingerprint density at radius 3 is 2.35 bits per heavy atom. The SMILES string of the molecule is CNC1(C)CCN(Cc2ccc(OC)c(OC)c2)CC1. The van der Waals surface area contributed by atoms with Gasteiger partial charge in [-0.1, -0.05) is 6.07 Å². The molecule has 0 aromatic heterocycles. The van der Waals surface area contributed by atoms with Gasteiger partial charge in [-0.2, -0.15) is 0 Å². The van der Waals surface area contributed by atoms with Gasteiger partial charge in [-0.25, -0.2) is 0 Å². The highest BCUT2D eigenvalue weighted by molar-refractivity contribution is 5.42. The number of hydrogen-bond donors (Lipinski definition) is 1. The van der Waals surface area contributed by atoms with Gasteiger partial charge in [-0.15, -0.1) is 0 Å². The average molecular weight is 278 g/mol. The molecule has 1 fully saturated rings. The van der Waals surface area contributed by atoms with Crippen LogP contribution in [0.1, 0.15) is 25.3 Å². The number of methoxy groups -OCH3 is 2. The van der Waals surface area contributed by atoms with E-state index in [1.807, 2.05) is 6.07 Å². The zero-order valence-corrected chi connectivity index (χ0v) is 13.0. The van der Waals surface area contributed by atoms with E-state index in [0.29, 0.717) is 5.54 Å². The van der Waals surface area contributed by atoms with Crippen molar-refractivity contribution in [2.45, 2.75) is 31.8 Å². The summed E-state index contributed by atoms with van der Waals surface area (Å²) in [5.41, 5.74) is 1.57. The number of nitrogens with zero attached hydrogens (tertiary/aromatic N) is 1. The molecule has 0 saturated carbocycles. The summed E-state index contributed by atoms with van der Waals surface area (Å²) in [6.07, 6.45) is 2.38. The minimum absolute atomic E-state index is 0.300. The van der Waals surface area contributed by atoms with Crippen LogP contribution in [0.5, 0.6) is 11.5 Å². The zero-order valence-electron chi connectivity index (χ0n) is 13.0. The Hall–Kier alpha value is -1.26. The molecule has 20 heavy (non-hydrogen) atoms. The molecule has 2 rings (SSSR count). The van der Waals surface area contributed by atoms with Crippen molar-refractivity contribution in [3.8, 4) is 11.5 Å². The Balaban J connectivity index is 1.98. The number of likely N-dealkylation sites (tertiary alicyclic amines) is 1. The summed E-state index contributed by atoms with van der Waals surface area (Å²) in [5.74, 6) is 1.60. The van der Waals surface area contributed by atoms with E-state index in [2.05, 4.69) is 36.3 Å². The lowest BCUT2D eigenvalue weighted by Gasteiger charge is -2.39. The predicted octanol–water partition coefficient (Wildman–Crippen LogP) is 2.28. The van der Waals surface area contributed by atoms with E-state index in [4.69, 9.17) is 9.47 Å². The molecule has 4 nitrogen and oxygen atoms in total. The molecule has 4 heteroatoms. The number of benzene rings is 1. The van der Waals surface area contributed by atoms with E-state index in [-0.39, 0.29) is 0 Å². The normalized spacial score (nSPS) is 18.8. The Labute approximate surface area is 122 Å². The molecular formula is C16H26N2O2. The fourth-order valence-electron chi connectivity index (χ4n) is 2.69. The fourth-order valence-corrected chi connectivity index (χ4v) is 2.69. The minimum Gasteiger partial charge on any atom is -0.493 e. The van der Waals surface area contributed by atoms with Crippen LogP contribution in [0, 0.1) is 0 Å². The van der Waals surface area contributed by atoms with Gasteiger partial charge in [0.1, 0.15) is 0 Å². The van der Waals surface area contributed by atoms with E-state index in [1.54, 1.807) is 14.2 Å². The molecule has 0 spiro atoms. The standard InChI is InChI=1S/C16H26N2O2/c1-16(17-2)7-9-18(10-8-16)12-13-5-6-14(19-3)15(11-13)20-4/h5-6,11,17H,7-10,12H2,1-4H3. The van der Waals surface area contributed by atoms with Crippen LogP contribution in [0.4, 0.5) is 0 Å². The first-order chi connectivity index (χ1) is 9.60. The highest BCUT2D eigenvalue weighted by Crippen LogP contribution is 2.29. The van der Waals surface area contributed by atoms with Gasteiger partial charge < -0.3 is 14.8 Å². The summed E-state index contributed by atoms with van der Waals surface area (Å²) in [7, 11) is 5.41. The second-order valence-corrected chi connectivity index (χ2v) is 5.78. The van der Waals surface area contributed by atoms with Crippen molar-refractivity contribution in [2.24, 2.45) is 0 Å². The summed E-state index contributed by atoms with van der Waals surface area (Å²) in [6.45, 7) is 5.54. The molecule has 1 N–H and O–H groups in total. The molecule has 0 unspecified atom stereocenters. The average Bonchev–Trinajstić information content (AvgIpc) is 2.49. The van der Waals surface area contributed by atoms with Gasteiger partial charge in [-0.3, -0.25) is 4.90 Å². The first-order valence-corrected chi connectivity index (χ1v) is 7.22. The lowest BCUT2D eigenvalue weighted by Crippen LogP contribution is -2.49. The molecular weight excluding hydrogens is 252 g/mol. The molecule has 0 radical (unpaired) electrons. The van der Waals surface area contributed by atoms with Crippen LogP contribution < -0.4 is 14.8 Å². The second-order valence-electron chi connectivity index (χ2n) is 5.78. The Bertz CT molecular complexity index is 440. The van der Waals surface area contributed by atoms with Gasteiger partial charge in [0.15, 0.2) is 11.5 Å². The van der Waals surface area contributed by atoms with Crippen LogP contribution in [-0.2, 0) is 6.54 Å². The molecule has 1 aliphatic heterocycles. The van der Waals surface area contributed by atoms with Gasteiger partial charge >= 0.3 is 0 Å². The summed E-state index contributed by atoms with van der Waals surface area (Å²) in [4.78, 5) is 2.50. The first kappa shape index (κ1) is 15.1. The first-order valence-electron chi connectivity index (χ1n) is 7.22. The molecule has 1 aromatic carbocycles. The van der Waals surface area contributed by atoms with Crippen molar-refractivity contribution in [1.82, 2.24) is 10.2 Å². The molecule has 0 bridgehead atoms. The Morgan fingerprint density at radius 1 is 1.15 bits per heavy atom. The van der Waals surface area contributed by atoms with Crippen molar-refractivity contribution in [3.05, 3.63) is 23.8 Å². The number of rotatable bonds is 5. The maximum atomic E-state index is 5.36. The van der Waals surface area contributed by atoms with E-state index in [0.717, 1.165) is 31.1 Å². The number of ether oxygens (including phenoxy) is 2. The Morgan fingerprint density at radius 2 is 1.80 bits per heavy atom. The van der Waals surface area contributed by atoms with Crippen LogP contribution >= 0.6 is 0 Å². The van der Waals surface area contributed by atoms with Gasteiger partial charge in [-0.05, 0) is 44.5 Å². The number of hydrogen-bond acceptors (Lipinski definition) is 4. The Kier molecular flexibility index (Phi) is 4.89. The van der Waals surface area contributed by atoms with Crippen LogP contribution in [0.3, 0.4) is 0 Å². The van der Waals surface area contributed by atoms with Gasteiger partial charge in [0, 0.05) is 25.2 Å². The smallest absolute Gasteiger partial charge is 0.161 e. The van der Waals surface area contributed by atoms with E-state index >= 15 is 0 Å². The van der Waals surface area contributed by atoms with Gasteiger partial charge in [0.25, 0.3) is 0 Å². The molecule has 0 atom stereocenters. The second kappa shape index (κ2) is 6.46. The minimum atomic E-state index is 0.300. The molecule has 0 aliphatic carbocycles. The van der Waals surface area contributed by atoms with Crippen molar-refractivity contribution >= 4 is 0 Å². The molecule has 1 aliphatic rings. The van der Waals surface area contributed by atoms with Crippen LogP contribution in [-0.4, -0.2) is 44.8 Å². The largest absolute Gasteiger partial charge is 0.493 e. The van der Waals surface area contributed by atoms with Crippen molar-refractivity contribution in [1.29, 1.82) is 0 Å². The van der Waals surface area contributed by atoms with Crippen LogP contribution in [0.25, 0.3) is 0 Å². The number of nitrogens with one attached hydrogen (secondary N) is 1. The quantitative estimate of drug-likeness (QED) is 0.896. The van der Waals surface area contributed by atoms with Gasteiger partial charge in [0.05, 0.1) is 14.2 Å². The molecule has 1 aromatic rings. The van der Waals surface area contributed by atoms with Crippen molar-refractivity contribution in [2.75, 3.05) is 34.4 Å². The molecule has 112 valence electrons. The van der Waals surface area contributed by atoms with Crippen molar-refractivity contribution < 1.29 is 9.47 Å². The van der Waals surface area contributed by atoms with E-state index in [9.17, 15) is 0 Å². The highest BCUT2D eigenvalue weighted by Gasteiger charge is 2.28. The summed E-state index contributed by atoms with van der Waals surface area (Å²) in [5, 5.41) is 3.43. The molecule has 1 heterocycles. The molecule has 1 saturated heterocycles. The third-order valence-corrected chi connectivity index (χ3v) is 4.42. The van der Waals surface area contributed by atoms with E-state index < -0.39 is 0 Å². The van der Waals surface area contributed by atoms with Gasteiger partial charge in [0.2, 0.25) is 0 Å². The third kappa shape index (κ3) is 3.44. The zero-order chi connectivity index (χ0) is 14.6. The fraction of sp³-hybridized carbons (Fsp3) is 0.625. The summed E-state index contributed by atoms with van der Waals surface area (Å²) in [6, 6.07) is 6.17. The maximum Gasteiger partial charge on any atom is 0.161 e. The van der Waals surface area contributed by atoms with Crippen LogP contribution in [0.15, 0.2) is 18.2 Å². The lowest BCUT2D eigenvalue weighted by molar-refractivity contribution is 0.146. The third-order valence-electron chi connectivity index (χ3n) is 4.42.